The molecule has 1 saturated carbocycles. The SMILES string of the molecule is Cc1ncn(C2CCCC2)c1I. The van der Waals surface area contributed by atoms with E-state index in [1.807, 2.05) is 6.33 Å². The van der Waals surface area contributed by atoms with E-state index in [0.717, 1.165) is 6.04 Å². The fourth-order valence-electron chi connectivity index (χ4n) is 1.88. The molecule has 3 heteroatoms. The van der Waals surface area contributed by atoms with Gasteiger partial charge in [-0.05, 0) is 42.4 Å². The Labute approximate surface area is 86.5 Å². The van der Waals surface area contributed by atoms with Crippen LogP contribution in [0.4, 0.5) is 0 Å². The van der Waals surface area contributed by atoms with Gasteiger partial charge in [0.25, 0.3) is 0 Å². The third-order valence-corrected chi connectivity index (χ3v) is 3.96. The Bertz CT molecular complexity index is 274. The molecule has 2 nitrogen and oxygen atoms in total. The molecular formula is C9H13IN2. The molecule has 0 atom stereocenters. The molecule has 0 aromatic carbocycles. The van der Waals surface area contributed by atoms with Crippen LogP contribution >= 0.6 is 22.6 Å². The number of halogens is 1. The number of hydrogen-bond donors (Lipinski definition) is 0. The van der Waals surface area contributed by atoms with E-state index in [1.54, 1.807) is 0 Å². The molecule has 0 N–H and O–H groups in total. The quantitative estimate of drug-likeness (QED) is 0.721. The van der Waals surface area contributed by atoms with Crippen LogP contribution in [0.15, 0.2) is 6.33 Å². The summed E-state index contributed by atoms with van der Waals surface area (Å²) in [5.74, 6) is 0. The van der Waals surface area contributed by atoms with E-state index in [0.29, 0.717) is 0 Å². The van der Waals surface area contributed by atoms with E-state index in [2.05, 4.69) is 39.1 Å². The van der Waals surface area contributed by atoms with Gasteiger partial charge in [-0.1, -0.05) is 12.8 Å². The number of aromatic nitrogens is 2. The van der Waals surface area contributed by atoms with Crippen LogP contribution in [0.25, 0.3) is 0 Å². The van der Waals surface area contributed by atoms with Gasteiger partial charge in [0.05, 0.1) is 12.0 Å². The van der Waals surface area contributed by atoms with Crippen LogP contribution < -0.4 is 0 Å². The Morgan fingerprint density at radius 3 is 2.67 bits per heavy atom. The molecule has 1 aliphatic rings. The predicted molar refractivity (Wildman–Crippen MR) is 57.2 cm³/mol. The van der Waals surface area contributed by atoms with Crippen molar-refractivity contribution < 1.29 is 0 Å². The van der Waals surface area contributed by atoms with Crippen molar-refractivity contribution in [2.75, 3.05) is 0 Å². The fraction of sp³-hybridized carbons (Fsp3) is 0.667. The highest BCUT2D eigenvalue weighted by atomic mass is 127. The van der Waals surface area contributed by atoms with Gasteiger partial charge in [-0.15, -0.1) is 0 Å². The van der Waals surface area contributed by atoms with E-state index in [4.69, 9.17) is 0 Å². The highest BCUT2D eigenvalue weighted by molar-refractivity contribution is 14.1. The molecule has 12 heavy (non-hydrogen) atoms. The third-order valence-electron chi connectivity index (χ3n) is 2.62. The minimum Gasteiger partial charge on any atom is -0.323 e. The topological polar surface area (TPSA) is 17.8 Å². The number of hydrogen-bond acceptors (Lipinski definition) is 1. The molecule has 1 fully saturated rings. The molecule has 1 aromatic heterocycles. The van der Waals surface area contributed by atoms with Crippen LogP contribution in [0, 0.1) is 10.6 Å². The van der Waals surface area contributed by atoms with E-state index < -0.39 is 0 Å². The standard InChI is InChI=1S/C9H13IN2/c1-7-9(10)12(6-11-7)8-4-2-3-5-8/h6,8H,2-5H2,1H3. The molecule has 0 aliphatic heterocycles. The summed E-state index contributed by atoms with van der Waals surface area (Å²) >= 11 is 2.39. The molecule has 2 rings (SSSR count). The maximum absolute atomic E-state index is 4.32. The fourth-order valence-corrected chi connectivity index (χ4v) is 2.53. The van der Waals surface area contributed by atoms with Crippen LogP contribution in [-0.4, -0.2) is 9.55 Å². The molecule has 0 bridgehead atoms. The lowest BCUT2D eigenvalue weighted by atomic mass is 10.2. The molecule has 0 unspecified atom stereocenters. The Kier molecular flexibility index (Phi) is 2.39. The van der Waals surface area contributed by atoms with Gasteiger partial charge in [-0.3, -0.25) is 0 Å². The first-order valence-electron chi connectivity index (χ1n) is 4.48. The predicted octanol–water partition coefficient (Wildman–Crippen LogP) is 2.91. The van der Waals surface area contributed by atoms with Crippen molar-refractivity contribution in [3.05, 3.63) is 15.7 Å². The first kappa shape index (κ1) is 8.53. The second-order valence-electron chi connectivity index (χ2n) is 3.47. The van der Waals surface area contributed by atoms with Crippen molar-refractivity contribution in [1.29, 1.82) is 0 Å². The normalized spacial score (nSPS) is 18.8. The molecule has 0 saturated heterocycles. The van der Waals surface area contributed by atoms with Crippen molar-refractivity contribution in [3.8, 4) is 0 Å². The number of imidazole rings is 1. The summed E-state index contributed by atoms with van der Waals surface area (Å²) in [7, 11) is 0. The number of nitrogens with zero attached hydrogens (tertiary/aromatic N) is 2. The van der Waals surface area contributed by atoms with Gasteiger partial charge in [0.1, 0.15) is 3.70 Å². The molecule has 0 radical (unpaired) electrons. The average molecular weight is 276 g/mol. The maximum Gasteiger partial charge on any atom is 0.103 e. The molecule has 66 valence electrons. The van der Waals surface area contributed by atoms with Gasteiger partial charge in [0.15, 0.2) is 0 Å². The van der Waals surface area contributed by atoms with Gasteiger partial charge in [0.2, 0.25) is 0 Å². The Morgan fingerprint density at radius 1 is 1.50 bits per heavy atom. The zero-order valence-corrected chi connectivity index (χ0v) is 9.41. The van der Waals surface area contributed by atoms with Crippen LogP contribution in [0.5, 0.6) is 0 Å². The Balaban J connectivity index is 2.26. The number of rotatable bonds is 1. The van der Waals surface area contributed by atoms with Crippen LogP contribution in [0.1, 0.15) is 37.4 Å². The summed E-state index contributed by atoms with van der Waals surface area (Å²) in [5.41, 5.74) is 1.17. The van der Waals surface area contributed by atoms with Gasteiger partial charge < -0.3 is 4.57 Å². The maximum atomic E-state index is 4.32. The smallest absolute Gasteiger partial charge is 0.103 e. The van der Waals surface area contributed by atoms with E-state index in [-0.39, 0.29) is 0 Å². The van der Waals surface area contributed by atoms with Crippen molar-refractivity contribution in [2.45, 2.75) is 38.6 Å². The molecule has 0 amide bonds. The number of aryl methyl sites for hydroxylation is 1. The summed E-state index contributed by atoms with van der Waals surface area (Å²) in [6.07, 6.45) is 7.45. The lowest BCUT2D eigenvalue weighted by Gasteiger charge is -2.11. The highest BCUT2D eigenvalue weighted by Gasteiger charge is 2.18. The summed E-state index contributed by atoms with van der Waals surface area (Å²) in [6.45, 7) is 2.08. The minimum absolute atomic E-state index is 0.734. The van der Waals surface area contributed by atoms with E-state index >= 15 is 0 Å². The Hall–Kier alpha value is -0.0600. The van der Waals surface area contributed by atoms with Crippen LogP contribution in [-0.2, 0) is 0 Å². The first-order valence-corrected chi connectivity index (χ1v) is 5.56. The van der Waals surface area contributed by atoms with Gasteiger partial charge in [-0.2, -0.15) is 0 Å². The summed E-state index contributed by atoms with van der Waals surface area (Å²) in [4.78, 5) is 4.32. The zero-order chi connectivity index (χ0) is 8.55. The van der Waals surface area contributed by atoms with Crippen molar-refractivity contribution >= 4 is 22.6 Å². The molecular weight excluding hydrogens is 263 g/mol. The Morgan fingerprint density at radius 2 is 2.17 bits per heavy atom. The van der Waals surface area contributed by atoms with Crippen molar-refractivity contribution in [2.24, 2.45) is 0 Å². The first-order chi connectivity index (χ1) is 5.79. The molecule has 1 heterocycles. The van der Waals surface area contributed by atoms with E-state index in [1.165, 1.54) is 35.1 Å². The van der Waals surface area contributed by atoms with Gasteiger partial charge in [0, 0.05) is 6.04 Å². The van der Waals surface area contributed by atoms with Crippen LogP contribution in [0.2, 0.25) is 0 Å². The highest BCUT2D eigenvalue weighted by Crippen LogP contribution is 2.31. The molecule has 1 aliphatic carbocycles. The molecule has 1 aromatic rings. The second kappa shape index (κ2) is 3.36. The molecule has 0 spiro atoms. The summed E-state index contributed by atoms with van der Waals surface area (Å²) in [6, 6.07) is 0.734. The van der Waals surface area contributed by atoms with Gasteiger partial charge >= 0.3 is 0 Å². The van der Waals surface area contributed by atoms with Gasteiger partial charge in [-0.25, -0.2) is 4.98 Å². The van der Waals surface area contributed by atoms with Crippen molar-refractivity contribution in [1.82, 2.24) is 9.55 Å². The average Bonchev–Trinajstić information content (AvgIpc) is 2.64. The van der Waals surface area contributed by atoms with Crippen molar-refractivity contribution in [3.63, 3.8) is 0 Å². The third kappa shape index (κ3) is 1.39. The largest absolute Gasteiger partial charge is 0.323 e. The lowest BCUT2D eigenvalue weighted by molar-refractivity contribution is 0.509. The lowest BCUT2D eigenvalue weighted by Crippen LogP contribution is -2.05. The minimum atomic E-state index is 0.734. The monoisotopic (exact) mass is 276 g/mol. The summed E-state index contributed by atoms with van der Waals surface area (Å²) in [5, 5.41) is 0. The zero-order valence-electron chi connectivity index (χ0n) is 7.26. The summed E-state index contributed by atoms with van der Waals surface area (Å²) < 4.78 is 3.66. The van der Waals surface area contributed by atoms with Crippen LogP contribution in [0.3, 0.4) is 0 Å². The second-order valence-corrected chi connectivity index (χ2v) is 4.49. The van der Waals surface area contributed by atoms with E-state index in [9.17, 15) is 0 Å².